The van der Waals surface area contributed by atoms with Crippen molar-refractivity contribution in [3.63, 3.8) is 0 Å². The van der Waals surface area contributed by atoms with Crippen LogP contribution in [0.15, 0.2) is 59.9 Å². The Hall–Kier alpha value is -3.53. The van der Waals surface area contributed by atoms with Gasteiger partial charge < -0.3 is 0 Å². The number of pyridine rings is 1. The first kappa shape index (κ1) is 23.6. The Bertz CT molecular complexity index is 1510. The fourth-order valence-corrected chi connectivity index (χ4v) is 4.54. The number of halogens is 4. The molecule has 8 nitrogen and oxygen atoms in total. The Kier molecular flexibility index (Phi) is 6.03. The number of nitrogens with zero attached hydrogens (tertiary/aromatic N) is 5. The van der Waals surface area contributed by atoms with Gasteiger partial charge in [0.05, 0.1) is 23.5 Å². The lowest BCUT2D eigenvalue weighted by molar-refractivity contribution is -0.147. The van der Waals surface area contributed by atoms with E-state index < -0.39 is 27.1 Å². The number of aromatic nitrogens is 4. The topological polar surface area (TPSA) is 114 Å². The van der Waals surface area contributed by atoms with Crippen LogP contribution in [-0.2, 0) is 10.0 Å². The van der Waals surface area contributed by atoms with E-state index in [9.17, 15) is 26.9 Å². The number of nitriles is 1. The van der Waals surface area contributed by atoms with Crippen LogP contribution in [0.2, 0.25) is 5.02 Å². The van der Waals surface area contributed by atoms with Crippen LogP contribution in [0.1, 0.15) is 12.5 Å². The van der Waals surface area contributed by atoms with Crippen LogP contribution in [0.4, 0.5) is 13.2 Å². The fourth-order valence-electron chi connectivity index (χ4n) is 3.25. The van der Waals surface area contributed by atoms with E-state index in [0.717, 1.165) is 12.4 Å². The molecule has 3 aromatic heterocycles. The third kappa shape index (κ3) is 4.33. The molecule has 0 aliphatic heterocycles. The van der Waals surface area contributed by atoms with Crippen molar-refractivity contribution in [2.75, 3.05) is 0 Å². The predicted octanol–water partition coefficient (Wildman–Crippen LogP) is 4.24. The molecule has 4 rings (SSSR count). The Morgan fingerprint density at radius 1 is 1.15 bits per heavy atom. The van der Waals surface area contributed by atoms with Gasteiger partial charge in [0.2, 0.25) is 10.0 Å². The van der Waals surface area contributed by atoms with E-state index in [-0.39, 0.29) is 17.1 Å². The maximum Gasteiger partial charge on any atom is 0.404 e. The van der Waals surface area contributed by atoms with Gasteiger partial charge in [-0.3, -0.25) is 4.57 Å². The summed E-state index contributed by atoms with van der Waals surface area (Å²) in [6.07, 6.45) is -1.46. The number of sulfonamides is 1. The van der Waals surface area contributed by atoms with Gasteiger partial charge in [0, 0.05) is 16.6 Å². The minimum atomic E-state index is -4.76. The molecular weight excluding hydrogens is 493 g/mol. The number of alkyl halides is 3. The Morgan fingerprint density at radius 3 is 2.44 bits per heavy atom. The van der Waals surface area contributed by atoms with E-state index in [1.165, 1.54) is 0 Å². The molecule has 0 fully saturated rings. The SMILES string of the molecule is CC(NS(=O)(=O)c1cnc(-c2c(C#N)c3ccc(Cl)cc3n2-c2ccccn2)nc1)C(F)(F)F. The van der Waals surface area contributed by atoms with Gasteiger partial charge in [0.15, 0.2) is 5.82 Å². The quantitative estimate of drug-likeness (QED) is 0.433. The lowest BCUT2D eigenvalue weighted by Gasteiger charge is -2.17. The number of benzene rings is 1. The van der Waals surface area contributed by atoms with Gasteiger partial charge in [-0.2, -0.15) is 23.2 Å². The highest BCUT2D eigenvalue weighted by atomic mass is 35.5. The summed E-state index contributed by atoms with van der Waals surface area (Å²) in [4.78, 5) is 11.9. The number of fused-ring (bicyclic) bond motifs is 1. The minimum absolute atomic E-state index is 0.0302. The summed E-state index contributed by atoms with van der Waals surface area (Å²) in [5.74, 6) is 0.393. The van der Waals surface area contributed by atoms with Crippen molar-refractivity contribution in [1.82, 2.24) is 24.2 Å². The zero-order valence-electron chi connectivity index (χ0n) is 17.2. The summed E-state index contributed by atoms with van der Waals surface area (Å²) in [6.45, 7) is 0.683. The third-order valence-corrected chi connectivity index (χ3v) is 6.62. The van der Waals surface area contributed by atoms with Crippen LogP contribution in [-0.4, -0.2) is 40.2 Å². The molecule has 1 aromatic carbocycles. The number of nitrogens with one attached hydrogen (secondary N) is 1. The second-order valence-electron chi connectivity index (χ2n) is 7.15. The second-order valence-corrected chi connectivity index (χ2v) is 9.30. The third-order valence-electron chi connectivity index (χ3n) is 4.89. The van der Waals surface area contributed by atoms with Gasteiger partial charge in [-0.1, -0.05) is 17.7 Å². The standard InChI is InChI=1S/C21H14ClF3N6O2S/c1-12(21(23,24)25)30-34(32,33)14-10-28-20(29-11-14)19-16(9-26)15-6-5-13(22)8-17(15)31(19)18-4-2-3-7-27-18/h2-8,10-12,30H,1H3. The molecule has 34 heavy (non-hydrogen) atoms. The molecule has 0 amide bonds. The molecule has 1 atom stereocenters. The Labute approximate surface area is 196 Å². The van der Waals surface area contributed by atoms with Gasteiger partial charge in [0.1, 0.15) is 28.5 Å². The molecule has 0 bridgehead atoms. The van der Waals surface area contributed by atoms with Gasteiger partial charge in [-0.05, 0) is 37.3 Å². The van der Waals surface area contributed by atoms with Crippen LogP contribution in [0.5, 0.6) is 0 Å². The van der Waals surface area contributed by atoms with Crippen molar-refractivity contribution < 1.29 is 21.6 Å². The highest BCUT2D eigenvalue weighted by Gasteiger charge is 2.39. The monoisotopic (exact) mass is 506 g/mol. The molecule has 3 heterocycles. The molecule has 1 N–H and O–H groups in total. The lowest BCUT2D eigenvalue weighted by Crippen LogP contribution is -2.43. The molecule has 0 aliphatic carbocycles. The van der Waals surface area contributed by atoms with Crippen molar-refractivity contribution >= 4 is 32.5 Å². The molecule has 0 aliphatic rings. The van der Waals surface area contributed by atoms with E-state index in [0.29, 0.717) is 28.7 Å². The highest BCUT2D eigenvalue weighted by molar-refractivity contribution is 7.89. The highest BCUT2D eigenvalue weighted by Crippen LogP contribution is 2.35. The maximum atomic E-state index is 12.8. The van der Waals surface area contributed by atoms with E-state index >= 15 is 0 Å². The van der Waals surface area contributed by atoms with Gasteiger partial charge in [0.25, 0.3) is 0 Å². The first-order valence-electron chi connectivity index (χ1n) is 9.60. The summed E-state index contributed by atoms with van der Waals surface area (Å²) in [6, 6.07) is 9.83. The number of hydrogen-bond donors (Lipinski definition) is 1. The average Bonchev–Trinajstić information content (AvgIpc) is 3.12. The zero-order valence-corrected chi connectivity index (χ0v) is 18.8. The van der Waals surface area contributed by atoms with Crippen molar-refractivity contribution in [2.24, 2.45) is 0 Å². The Balaban J connectivity index is 1.87. The van der Waals surface area contributed by atoms with Crippen LogP contribution in [0, 0.1) is 11.3 Å². The number of hydrogen-bond acceptors (Lipinski definition) is 6. The normalized spacial score (nSPS) is 13.1. The van der Waals surface area contributed by atoms with Crippen molar-refractivity contribution in [3.8, 4) is 23.4 Å². The zero-order chi connectivity index (χ0) is 24.7. The van der Waals surface area contributed by atoms with E-state index in [1.807, 2.05) is 0 Å². The van der Waals surface area contributed by atoms with Crippen LogP contribution in [0.3, 0.4) is 0 Å². The largest absolute Gasteiger partial charge is 0.404 e. The predicted molar refractivity (Wildman–Crippen MR) is 118 cm³/mol. The lowest BCUT2D eigenvalue weighted by atomic mass is 10.1. The van der Waals surface area contributed by atoms with Gasteiger partial charge in [-0.25, -0.2) is 23.4 Å². The molecule has 1 unspecified atom stereocenters. The molecule has 13 heteroatoms. The van der Waals surface area contributed by atoms with Crippen molar-refractivity contribution in [2.45, 2.75) is 24.0 Å². The average molecular weight is 507 g/mol. The van der Waals surface area contributed by atoms with E-state index in [1.54, 1.807) is 51.9 Å². The first-order valence-corrected chi connectivity index (χ1v) is 11.5. The van der Waals surface area contributed by atoms with Crippen molar-refractivity contribution in [3.05, 3.63) is 65.6 Å². The summed E-state index contributed by atoms with van der Waals surface area (Å²) in [5, 5.41) is 10.8. The Morgan fingerprint density at radius 2 is 1.85 bits per heavy atom. The molecule has 0 radical (unpaired) electrons. The summed E-state index contributed by atoms with van der Waals surface area (Å²) < 4.78 is 66.2. The molecule has 0 saturated heterocycles. The fraction of sp³-hybridized carbons (Fsp3) is 0.143. The maximum absolute atomic E-state index is 12.8. The van der Waals surface area contributed by atoms with Crippen molar-refractivity contribution in [1.29, 1.82) is 5.26 Å². The van der Waals surface area contributed by atoms with Gasteiger partial charge in [-0.15, -0.1) is 0 Å². The second kappa shape index (κ2) is 8.68. The van der Waals surface area contributed by atoms with Gasteiger partial charge >= 0.3 is 6.18 Å². The molecule has 0 spiro atoms. The van der Waals surface area contributed by atoms with Crippen LogP contribution < -0.4 is 4.72 Å². The van der Waals surface area contributed by atoms with E-state index in [4.69, 9.17) is 11.6 Å². The molecule has 0 saturated carbocycles. The molecular formula is C21H14ClF3N6O2S. The molecule has 4 aromatic rings. The molecule has 174 valence electrons. The number of rotatable bonds is 5. The smallest absolute Gasteiger partial charge is 0.289 e. The summed E-state index contributed by atoms with van der Waals surface area (Å²) in [5.41, 5.74) is 0.953. The first-order chi connectivity index (χ1) is 16.0. The summed E-state index contributed by atoms with van der Waals surface area (Å²) >= 11 is 6.17. The van der Waals surface area contributed by atoms with Crippen LogP contribution in [0.25, 0.3) is 28.2 Å². The summed E-state index contributed by atoms with van der Waals surface area (Å²) in [7, 11) is -4.55. The van der Waals surface area contributed by atoms with E-state index in [2.05, 4.69) is 21.0 Å². The van der Waals surface area contributed by atoms with Crippen LogP contribution >= 0.6 is 11.6 Å². The minimum Gasteiger partial charge on any atom is -0.289 e.